The van der Waals surface area contributed by atoms with Crippen LogP contribution in [0.15, 0.2) is 121 Å². The fourth-order valence-corrected chi connectivity index (χ4v) is 4.61. The number of halogens is 2. The molecule has 0 nitrogen and oxygen atoms in total. The first-order chi connectivity index (χ1) is 17.1. The first kappa shape index (κ1) is 33.8. The van der Waals surface area contributed by atoms with Crippen molar-refractivity contribution in [1.29, 1.82) is 0 Å². The Bertz CT molecular complexity index is 1390. The minimum Gasteiger partial charge on any atom is -1.00 e. The molecule has 0 saturated carbocycles. The number of rotatable bonds is 2. The van der Waals surface area contributed by atoms with E-state index in [2.05, 4.69) is 148 Å². The van der Waals surface area contributed by atoms with Gasteiger partial charge in [0.2, 0.25) is 0 Å². The van der Waals surface area contributed by atoms with Gasteiger partial charge in [-0.1, -0.05) is 111 Å². The first-order valence-corrected chi connectivity index (χ1v) is 14.1. The van der Waals surface area contributed by atoms with Crippen LogP contribution in [0, 0.1) is 13.8 Å². The molecule has 0 saturated heterocycles. The van der Waals surface area contributed by atoms with Gasteiger partial charge in [0.05, 0.1) is 0 Å². The van der Waals surface area contributed by atoms with E-state index >= 15 is 0 Å². The minimum atomic E-state index is 0. The molecule has 0 N–H and O–H groups in total. The van der Waals surface area contributed by atoms with Crippen molar-refractivity contribution in [2.75, 3.05) is 0 Å². The molecule has 2 radical (unpaired) electrons. The van der Waals surface area contributed by atoms with Crippen molar-refractivity contribution in [3.8, 4) is 22.3 Å². The quantitative estimate of drug-likeness (QED) is 0.202. The third-order valence-electron chi connectivity index (χ3n) is 6.18. The topological polar surface area (TPSA) is 0 Å². The van der Waals surface area contributed by atoms with Gasteiger partial charge < -0.3 is 24.8 Å². The Hall–Kier alpha value is -2.22. The molecule has 0 unspecified atom stereocenters. The van der Waals surface area contributed by atoms with E-state index in [0.29, 0.717) is 0 Å². The van der Waals surface area contributed by atoms with Gasteiger partial charge in [0.25, 0.3) is 0 Å². The molecule has 0 atom stereocenters. The van der Waals surface area contributed by atoms with Crippen LogP contribution in [0.3, 0.4) is 0 Å². The predicted molar refractivity (Wildman–Crippen MR) is 157 cm³/mol. The molecule has 0 spiro atoms. The number of hydrogen-bond acceptors (Lipinski definition) is 0. The van der Waals surface area contributed by atoms with Gasteiger partial charge in [-0.3, -0.25) is 0 Å². The van der Waals surface area contributed by atoms with E-state index in [1.54, 1.807) is 0 Å². The molecular formula is C34H32Cl2SiZr. The van der Waals surface area contributed by atoms with Crippen molar-refractivity contribution in [3.63, 3.8) is 0 Å². The molecule has 6 aromatic carbocycles. The number of aryl methyl sites for hydroxylation is 2. The largest absolute Gasteiger partial charge is 4.00 e. The summed E-state index contributed by atoms with van der Waals surface area (Å²) >= 11 is 0. The van der Waals surface area contributed by atoms with Crippen LogP contribution in [-0.2, 0) is 26.2 Å². The Morgan fingerprint density at radius 1 is 0.500 bits per heavy atom. The summed E-state index contributed by atoms with van der Waals surface area (Å²) < 4.78 is 0. The van der Waals surface area contributed by atoms with Crippen molar-refractivity contribution >= 4 is 31.1 Å². The maximum absolute atomic E-state index is 2.20. The number of hydrogen-bond donors (Lipinski definition) is 0. The number of fused-ring (bicyclic) bond motifs is 2. The molecule has 6 rings (SSSR count). The molecule has 4 heteroatoms. The SMILES string of the molecule is C[Si]C.Cc1c[cH-]c2cccc(-c3ccccc3)c12.Cc1c[cH-]c2cccc(-c3ccccc3)c12.[Cl-].[Cl-].[Zr+4]. The fourth-order valence-electron chi connectivity index (χ4n) is 4.61. The van der Waals surface area contributed by atoms with Crippen LogP contribution in [0.2, 0.25) is 13.1 Å². The van der Waals surface area contributed by atoms with Crippen molar-refractivity contribution in [3.05, 3.63) is 132 Å². The summed E-state index contributed by atoms with van der Waals surface area (Å²) in [4.78, 5) is 0. The summed E-state index contributed by atoms with van der Waals surface area (Å²) in [6.07, 6.45) is 0. The van der Waals surface area contributed by atoms with E-state index in [4.69, 9.17) is 0 Å². The van der Waals surface area contributed by atoms with Gasteiger partial charge in [0, 0.05) is 9.52 Å². The van der Waals surface area contributed by atoms with Crippen LogP contribution in [-0.4, -0.2) is 9.52 Å². The van der Waals surface area contributed by atoms with Crippen LogP contribution in [0.25, 0.3) is 43.8 Å². The molecular weight excluding hydrogens is 599 g/mol. The molecule has 0 bridgehead atoms. The summed E-state index contributed by atoms with van der Waals surface area (Å²) in [6, 6.07) is 42.9. The Morgan fingerprint density at radius 3 is 1.18 bits per heavy atom. The summed E-state index contributed by atoms with van der Waals surface area (Å²) in [5, 5.41) is 5.43. The van der Waals surface area contributed by atoms with Crippen molar-refractivity contribution in [2.24, 2.45) is 0 Å². The van der Waals surface area contributed by atoms with E-state index < -0.39 is 0 Å². The summed E-state index contributed by atoms with van der Waals surface area (Å²) in [7, 11) is 1.08. The predicted octanol–water partition coefficient (Wildman–Crippen LogP) is 3.86. The average molecular weight is 631 g/mol. The Morgan fingerprint density at radius 2 is 0.842 bits per heavy atom. The molecule has 0 amide bonds. The van der Waals surface area contributed by atoms with Crippen molar-refractivity contribution < 1.29 is 51.0 Å². The molecule has 190 valence electrons. The van der Waals surface area contributed by atoms with Gasteiger partial charge in [0.1, 0.15) is 0 Å². The second-order valence-corrected chi connectivity index (χ2v) is 9.80. The Kier molecular flexibility index (Phi) is 14.8. The van der Waals surface area contributed by atoms with Gasteiger partial charge in [-0.05, 0) is 11.1 Å². The minimum absolute atomic E-state index is 0. The zero-order chi connectivity index (χ0) is 24.6. The van der Waals surface area contributed by atoms with Gasteiger partial charge in [-0.15, -0.1) is 57.9 Å². The van der Waals surface area contributed by atoms with Gasteiger partial charge in [0.15, 0.2) is 0 Å². The monoisotopic (exact) mass is 628 g/mol. The standard InChI is InChI=1S/2C16H13.C2H6Si.2ClH.Zr/c2*1-12-10-11-14-8-5-9-15(16(12)14)13-6-3-2-4-7-13;1-3-2;;;/h2*2-11H,1H3;1-2H3;2*1H;/q2*-1;;;;+4/p-2. The van der Waals surface area contributed by atoms with Crippen LogP contribution in [0.1, 0.15) is 11.1 Å². The average Bonchev–Trinajstić information content (AvgIpc) is 3.48. The van der Waals surface area contributed by atoms with Crippen molar-refractivity contribution in [2.45, 2.75) is 26.9 Å². The third-order valence-corrected chi connectivity index (χ3v) is 6.18. The molecule has 0 aliphatic heterocycles. The first-order valence-electron chi connectivity index (χ1n) is 12.1. The summed E-state index contributed by atoms with van der Waals surface area (Å²) in [5.74, 6) is 0. The van der Waals surface area contributed by atoms with Gasteiger partial charge in [-0.25, -0.2) is 0 Å². The summed E-state index contributed by atoms with van der Waals surface area (Å²) in [6.45, 7) is 8.66. The zero-order valence-corrected chi connectivity index (χ0v) is 27.3. The Balaban J connectivity index is 0.000000322. The Labute approximate surface area is 262 Å². The third kappa shape index (κ3) is 7.90. The molecule has 0 aromatic heterocycles. The molecule has 0 aliphatic carbocycles. The van der Waals surface area contributed by atoms with Gasteiger partial charge in [-0.2, -0.15) is 23.3 Å². The molecule has 38 heavy (non-hydrogen) atoms. The van der Waals surface area contributed by atoms with E-state index in [-0.39, 0.29) is 51.0 Å². The normalized spacial score (nSPS) is 9.58. The second-order valence-electron chi connectivity index (χ2n) is 8.80. The second kappa shape index (κ2) is 16.7. The van der Waals surface area contributed by atoms with E-state index in [1.165, 1.54) is 54.9 Å². The molecule has 0 aliphatic rings. The zero-order valence-electron chi connectivity index (χ0n) is 22.3. The van der Waals surface area contributed by atoms with E-state index in [0.717, 1.165) is 9.52 Å². The van der Waals surface area contributed by atoms with Crippen LogP contribution < -0.4 is 24.8 Å². The van der Waals surface area contributed by atoms with E-state index in [9.17, 15) is 0 Å². The number of benzene rings is 4. The maximum atomic E-state index is 2.20. The van der Waals surface area contributed by atoms with Crippen LogP contribution in [0.5, 0.6) is 0 Å². The molecule has 6 aromatic rings. The fraction of sp³-hybridized carbons (Fsp3) is 0.118. The van der Waals surface area contributed by atoms with Crippen LogP contribution >= 0.6 is 0 Å². The smallest absolute Gasteiger partial charge is 1.00 e. The molecule has 0 fully saturated rings. The van der Waals surface area contributed by atoms with E-state index in [1.807, 2.05) is 0 Å². The van der Waals surface area contributed by atoms with Crippen LogP contribution in [0.4, 0.5) is 0 Å². The molecule has 0 heterocycles. The maximum Gasteiger partial charge on any atom is 4.00 e. The van der Waals surface area contributed by atoms with Crippen molar-refractivity contribution in [1.82, 2.24) is 0 Å². The summed E-state index contributed by atoms with van der Waals surface area (Å²) in [5.41, 5.74) is 7.97. The van der Waals surface area contributed by atoms with Gasteiger partial charge >= 0.3 is 26.2 Å².